The molecule has 2 aromatic rings. The monoisotopic (exact) mass is 338 g/mol. The maximum Gasteiger partial charge on any atom is 0.339 e. The molecule has 0 spiro atoms. The van der Waals surface area contributed by atoms with Gasteiger partial charge in [0.1, 0.15) is 5.56 Å². The first-order valence-corrected chi connectivity index (χ1v) is 6.11. The minimum absolute atomic E-state index is 0.500. The molecule has 0 aliphatic carbocycles. The molecule has 10 nitrogen and oxygen atoms in total. The Hall–Kier alpha value is -3.82. The number of phenolic OH excluding ortho intramolecular Hbond substituents is 5. The second kappa shape index (κ2) is 5.76. The molecule has 0 aromatic heterocycles. The van der Waals surface area contributed by atoms with E-state index in [9.17, 15) is 35.1 Å². The molecule has 0 bridgehead atoms. The van der Waals surface area contributed by atoms with Gasteiger partial charge in [-0.15, -0.1) is 0 Å². The standard InChI is InChI=1S/C14H10O10/c15-6-1-4(13(20)21)2-8(9(6)17)24-12-5(14(22)23)3-7(16)10(18)11(12)19/h1-3,15-19H,(H,20,21)(H,22,23). The smallest absolute Gasteiger partial charge is 0.339 e. The van der Waals surface area contributed by atoms with Gasteiger partial charge >= 0.3 is 11.9 Å². The van der Waals surface area contributed by atoms with Crippen molar-refractivity contribution in [1.82, 2.24) is 0 Å². The number of carbonyl (C=O) groups is 2. The van der Waals surface area contributed by atoms with Crippen molar-refractivity contribution in [1.29, 1.82) is 0 Å². The van der Waals surface area contributed by atoms with E-state index in [2.05, 4.69) is 0 Å². The van der Waals surface area contributed by atoms with Crippen molar-refractivity contribution in [3.05, 3.63) is 29.3 Å². The molecule has 0 saturated heterocycles. The number of aromatic carboxylic acids is 2. The molecule has 0 amide bonds. The molecule has 2 rings (SSSR count). The van der Waals surface area contributed by atoms with Gasteiger partial charge in [-0.3, -0.25) is 0 Å². The van der Waals surface area contributed by atoms with Crippen LogP contribution in [0.1, 0.15) is 20.7 Å². The van der Waals surface area contributed by atoms with Gasteiger partial charge in [-0.25, -0.2) is 9.59 Å². The van der Waals surface area contributed by atoms with E-state index in [1.165, 1.54) is 0 Å². The molecule has 24 heavy (non-hydrogen) atoms. The first-order chi connectivity index (χ1) is 11.1. The van der Waals surface area contributed by atoms with E-state index < -0.39 is 63.3 Å². The van der Waals surface area contributed by atoms with E-state index in [0.29, 0.717) is 6.07 Å². The van der Waals surface area contributed by atoms with Crippen molar-refractivity contribution in [3.63, 3.8) is 0 Å². The maximum atomic E-state index is 11.2. The first kappa shape index (κ1) is 16.5. The summed E-state index contributed by atoms with van der Waals surface area (Å²) in [5.41, 5.74) is -1.29. The quantitative estimate of drug-likeness (QED) is 0.402. The van der Waals surface area contributed by atoms with Crippen LogP contribution in [0.3, 0.4) is 0 Å². The molecule has 0 radical (unpaired) electrons. The van der Waals surface area contributed by atoms with Gasteiger partial charge < -0.3 is 40.5 Å². The topological polar surface area (TPSA) is 185 Å². The second-order valence-electron chi connectivity index (χ2n) is 4.52. The van der Waals surface area contributed by atoms with Gasteiger partial charge in [0.05, 0.1) is 5.56 Å². The number of ether oxygens (including phenoxy) is 1. The highest BCUT2D eigenvalue weighted by molar-refractivity contribution is 5.94. The number of benzene rings is 2. The van der Waals surface area contributed by atoms with Crippen LogP contribution in [0.4, 0.5) is 0 Å². The summed E-state index contributed by atoms with van der Waals surface area (Å²) < 4.78 is 4.96. The highest BCUT2D eigenvalue weighted by Crippen LogP contribution is 2.48. The average molecular weight is 338 g/mol. The third-order valence-electron chi connectivity index (χ3n) is 2.95. The molecular formula is C14H10O10. The predicted octanol–water partition coefficient (Wildman–Crippen LogP) is 1.40. The van der Waals surface area contributed by atoms with Crippen LogP contribution in [0.5, 0.6) is 40.2 Å². The molecule has 7 N–H and O–H groups in total. The Balaban J connectivity index is 2.66. The van der Waals surface area contributed by atoms with Crippen LogP contribution < -0.4 is 4.74 Å². The fraction of sp³-hybridized carbons (Fsp3) is 0. The van der Waals surface area contributed by atoms with E-state index in [-0.39, 0.29) is 0 Å². The molecular weight excluding hydrogens is 328 g/mol. The molecule has 0 aliphatic heterocycles. The summed E-state index contributed by atoms with van der Waals surface area (Å²) in [7, 11) is 0. The summed E-state index contributed by atoms with van der Waals surface area (Å²) >= 11 is 0. The zero-order valence-corrected chi connectivity index (χ0v) is 11.6. The summed E-state index contributed by atoms with van der Waals surface area (Å²) in [6.07, 6.45) is 0. The lowest BCUT2D eigenvalue weighted by Crippen LogP contribution is -2.02. The van der Waals surface area contributed by atoms with E-state index in [0.717, 1.165) is 12.1 Å². The third kappa shape index (κ3) is 2.75. The van der Waals surface area contributed by atoms with Crippen molar-refractivity contribution < 1.29 is 50.1 Å². The normalized spacial score (nSPS) is 10.3. The van der Waals surface area contributed by atoms with Crippen LogP contribution in [0.15, 0.2) is 18.2 Å². The van der Waals surface area contributed by atoms with Crippen LogP contribution in [0, 0.1) is 0 Å². The van der Waals surface area contributed by atoms with Crippen LogP contribution in [0.2, 0.25) is 0 Å². The Kier molecular flexibility index (Phi) is 3.97. The van der Waals surface area contributed by atoms with Crippen LogP contribution in [0.25, 0.3) is 0 Å². The highest BCUT2D eigenvalue weighted by Gasteiger charge is 2.25. The number of carboxylic acids is 2. The van der Waals surface area contributed by atoms with Gasteiger partial charge in [0.15, 0.2) is 23.0 Å². The van der Waals surface area contributed by atoms with Crippen molar-refractivity contribution >= 4 is 11.9 Å². The number of hydrogen-bond acceptors (Lipinski definition) is 8. The highest BCUT2D eigenvalue weighted by atomic mass is 16.5. The molecule has 0 atom stereocenters. The third-order valence-corrected chi connectivity index (χ3v) is 2.95. The van der Waals surface area contributed by atoms with Crippen LogP contribution >= 0.6 is 0 Å². The van der Waals surface area contributed by atoms with Gasteiger partial charge in [0, 0.05) is 6.07 Å². The van der Waals surface area contributed by atoms with Crippen LogP contribution in [-0.2, 0) is 0 Å². The molecule has 0 heterocycles. The van der Waals surface area contributed by atoms with Gasteiger partial charge in [-0.05, 0) is 12.1 Å². The van der Waals surface area contributed by atoms with E-state index >= 15 is 0 Å². The number of phenols is 5. The number of aromatic hydroxyl groups is 5. The Morgan fingerprint density at radius 1 is 0.750 bits per heavy atom. The lowest BCUT2D eigenvalue weighted by atomic mass is 10.1. The minimum Gasteiger partial charge on any atom is -0.504 e. The summed E-state index contributed by atoms with van der Waals surface area (Å²) in [6, 6.07) is 2.05. The molecule has 0 saturated carbocycles. The van der Waals surface area contributed by atoms with Crippen molar-refractivity contribution in [2.45, 2.75) is 0 Å². The van der Waals surface area contributed by atoms with Crippen LogP contribution in [-0.4, -0.2) is 47.7 Å². The Labute approximate surface area is 132 Å². The predicted molar refractivity (Wildman–Crippen MR) is 75.2 cm³/mol. The van der Waals surface area contributed by atoms with Gasteiger partial charge in [0.2, 0.25) is 17.2 Å². The fourth-order valence-electron chi connectivity index (χ4n) is 1.79. The Morgan fingerprint density at radius 3 is 1.88 bits per heavy atom. The Bertz CT molecular complexity index is 855. The van der Waals surface area contributed by atoms with Crippen molar-refractivity contribution in [2.24, 2.45) is 0 Å². The SMILES string of the molecule is O=C(O)c1cc(O)c(O)c(Oc2c(C(=O)O)cc(O)c(O)c2O)c1. The second-order valence-corrected chi connectivity index (χ2v) is 4.52. The summed E-state index contributed by atoms with van der Waals surface area (Å²) in [4.78, 5) is 22.1. The summed E-state index contributed by atoms with van der Waals surface area (Å²) in [6.45, 7) is 0. The van der Waals surface area contributed by atoms with Gasteiger partial charge in [-0.2, -0.15) is 0 Å². The first-order valence-electron chi connectivity index (χ1n) is 6.11. The Morgan fingerprint density at radius 2 is 1.33 bits per heavy atom. The molecule has 0 unspecified atom stereocenters. The lowest BCUT2D eigenvalue weighted by Gasteiger charge is -2.14. The summed E-state index contributed by atoms with van der Waals surface area (Å²) in [5, 5.41) is 65.7. The van der Waals surface area contributed by atoms with Crippen molar-refractivity contribution in [2.75, 3.05) is 0 Å². The number of hydrogen-bond donors (Lipinski definition) is 7. The van der Waals surface area contributed by atoms with E-state index in [4.69, 9.17) is 14.9 Å². The minimum atomic E-state index is -1.66. The van der Waals surface area contributed by atoms with E-state index in [1.807, 2.05) is 0 Å². The molecule has 2 aromatic carbocycles. The molecule has 126 valence electrons. The number of rotatable bonds is 4. The molecule has 0 fully saturated rings. The fourth-order valence-corrected chi connectivity index (χ4v) is 1.79. The lowest BCUT2D eigenvalue weighted by molar-refractivity contribution is 0.0682. The van der Waals surface area contributed by atoms with Crippen molar-refractivity contribution in [3.8, 4) is 40.2 Å². The largest absolute Gasteiger partial charge is 0.504 e. The van der Waals surface area contributed by atoms with E-state index in [1.54, 1.807) is 0 Å². The zero-order valence-electron chi connectivity index (χ0n) is 11.6. The molecule has 10 heteroatoms. The average Bonchev–Trinajstić information content (AvgIpc) is 2.51. The zero-order chi connectivity index (χ0) is 18.2. The number of carboxylic acid groups (broad SMARTS) is 2. The summed E-state index contributed by atoms with van der Waals surface area (Å²) in [5.74, 6) is -9.71. The molecule has 0 aliphatic rings. The van der Waals surface area contributed by atoms with Gasteiger partial charge in [0.25, 0.3) is 0 Å². The maximum absolute atomic E-state index is 11.2. The van der Waals surface area contributed by atoms with Gasteiger partial charge in [-0.1, -0.05) is 0 Å².